The number of hydrogen-bond donors (Lipinski definition) is 1. The monoisotopic (exact) mass is 399 g/mol. The lowest BCUT2D eigenvalue weighted by Gasteiger charge is -2.30. The topological polar surface area (TPSA) is 53.7 Å². The summed E-state index contributed by atoms with van der Waals surface area (Å²) in [4.78, 5) is 0. The van der Waals surface area contributed by atoms with E-state index in [9.17, 15) is 0 Å². The minimum atomic E-state index is -3.47. The van der Waals surface area contributed by atoms with Crippen molar-refractivity contribution in [1.29, 1.82) is 0 Å². The molecule has 4 aromatic rings. The van der Waals surface area contributed by atoms with Crippen LogP contribution < -0.4 is 24.2 Å². The summed E-state index contributed by atoms with van der Waals surface area (Å²) in [6.07, 6.45) is 0. The Balaban J connectivity index is 1.83. The smallest absolute Gasteiger partial charge is 0.480 e. The van der Waals surface area contributed by atoms with Crippen molar-refractivity contribution in [2.75, 3.05) is 5.73 Å². The zero-order valence-corrected chi connectivity index (χ0v) is 16.8. The van der Waals surface area contributed by atoms with Crippen LogP contribution in [-0.4, -0.2) is 8.80 Å². The van der Waals surface area contributed by atoms with E-state index < -0.39 is 8.80 Å². The van der Waals surface area contributed by atoms with E-state index in [2.05, 4.69) is 0 Å². The minimum absolute atomic E-state index is 0.663. The molecule has 2 N–H and O–H groups in total. The van der Waals surface area contributed by atoms with Gasteiger partial charge in [0, 0.05) is 5.69 Å². The molecule has 0 fully saturated rings. The van der Waals surface area contributed by atoms with Crippen LogP contribution in [0.3, 0.4) is 0 Å². The molecule has 0 aromatic heterocycles. The minimum Gasteiger partial charge on any atom is -0.480 e. The second-order valence-corrected chi connectivity index (χ2v) is 8.73. The van der Waals surface area contributed by atoms with E-state index in [-0.39, 0.29) is 0 Å². The molecule has 0 radical (unpaired) electrons. The average molecular weight is 400 g/mol. The highest BCUT2D eigenvalue weighted by Gasteiger charge is 2.52. The Labute approximate surface area is 171 Å². The van der Waals surface area contributed by atoms with E-state index >= 15 is 0 Å². The van der Waals surface area contributed by atoms with E-state index in [1.165, 1.54) is 0 Å². The molecule has 0 aliphatic heterocycles. The molecular formula is C24H21NO3Si. The summed E-state index contributed by atoms with van der Waals surface area (Å²) in [6, 6.07) is 36.1. The van der Waals surface area contributed by atoms with Gasteiger partial charge in [0.25, 0.3) is 0 Å². The van der Waals surface area contributed by atoms with Gasteiger partial charge >= 0.3 is 8.80 Å². The average Bonchev–Trinajstić information content (AvgIpc) is 2.76. The molecule has 0 heterocycles. The first-order chi connectivity index (χ1) is 14.2. The number of para-hydroxylation sites is 3. The van der Waals surface area contributed by atoms with Crippen LogP contribution in [0.1, 0.15) is 0 Å². The summed E-state index contributed by atoms with van der Waals surface area (Å²) in [6.45, 7) is 0. The molecule has 0 aliphatic rings. The number of nitrogens with two attached hydrogens (primary N) is 1. The second kappa shape index (κ2) is 8.54. The number of nitrogen functional groups attached to an aromatic ring is 1. The highest BCUT2D eigenvalue weighted by Crippen LogP contribution is 2.24. The summed E-state index contributed by atoms with van der Waals surface area (Å²) in [7, 11) is -3.47. The van der Waals surface area contributed by atoms with Gasteiger partial charge in [0.15, 0.2) is 0 Å². The van der Waals surface area contributed by atoms with Gasteiger partial charge in [-0.1, -0.05) is 66.7 Å². The summed E-state index contributed by atoms with van der Waals surface area (Å²) in [5, 5.41) is 0.809. The number of hydrogen-bond acceptors (Lipinski definition) is 4. The van der Waals surface area contributed by atoms with E-state index in [0.29, 0.717) is 22.9 Å². The lowest BCUT2D eigenvalue weighted by molar-refractivity contribution is 0.281. The van der Waals surface area contributed by atoms with Crippen LogP contribution in [0.4, 0.5) is 5.69 Å². The zero-order valence-electron chi connectivity index (χ0n) is 15.8. The number of rotatable bonds is 7. The third kappa shape index (κ3) is 4.59. The van der Waals surface area contributed by atoms with Gasteiger partial charge in [-0.15, -0.1) is 0 Å². The number of benzene rings is 4. The maximum absolute atomic E-state index is 6.49. The van der Waals surface area contributed by atoms with Crippen molar-refractivity contribution >= 4 is 19.7 Å². The van der Waals surface area contributed by atoms with E-state index in [1.807, 2.05) is 115 Å². The summed E-state index contributed by atoms with van der Waals surface area (Å²) in [5.41, 5.74) is 6.58. The molecule has 0 amide bonds. The molecule has 29 heavy (non-hydrogen) atoms. The Hall–Kier alpha value is -3.70. The summed E-state index contributed by atoms with van der Waals surface area (Å²) >= 11 is 0. The molecule has 4 aromatic carbocycles. The third-order valence-electron chi connectivity index (χ3n) is 4.25. The Morgan fingerprint density at radius 2 is 0.793 bits per heavy atom. The fourth-order valence-electron chi connectivity index (χ4n) is 2.86. The van der Waals surface area contributed by atoms with Crippen molar-refractivity contribution < 1.29 is 13.3 Å². The maximum Gasteiger partial charge on any atom is 0.737 e. The van der Waals surface area contributed by atoms with Gasteiger partial charge in [0.05, 0.1) is 5.19 Å². The van der Waals surface area contributed by atoms with Gasteiger partial charge in [0.2, 0.25) is 0 Å². The lowest BCUT2D eigenvalue weighted by atomic mass is 10.3. The third-order valence-corrected chi connectivity index (χ3v) is 6.80. The fourth-order valence-corrected chi connectivity index (χ4v) is 5.25. The van der Waals surface area contributed by atoms with E-state index in [0.717, 1.165) is 5.19 Å². The van der Waals surface area contributed by atoms with Crippen molar-refractivity contribution in [3.63, 3.8) is 0 Å². The first-order valence-electron chi connectivity index (χ1n) is 9.32. The van der Waals surface area contributed by atoms with Crippen LogP contribution >= 0.6 is 0 Å². The van der Waals surface area contributed by atoms with Crippen molar-refractivity contribution in [1.82, 2.24) is 0 Å². The van der Waals surface area contributed by atoms with Gasteiger partial charge in [-0.2, -0.15) is 0 Å². The molecule has 0 bridgehead atoms. The lowest BCUT2D eigenvalue weighted by Crippen LogP contribution is -2.64. The van der Waals surface area contributed by atoms with Crippen LogP contribution in [0.5, 0.6) is 17.2 Å². The Morgan fingerprint density at radius 3 is 1.14 bits per heavy atom. The predicted molar refractivity (Wildman–Crippen MR) is 117 cm³/mol. The summed E-state index contributed by atoms with van der Waals surface area (Å²) < 4.78 is 19.5. The Kier molecular flexibility index (Phi) is 5.49. The normalized spacial score (nSPS) is 10.9. The Morgan fingerprint density at radius 1 is 0.448 bits per heavy atom. The highest BCUT2D eigenvalue weighted by molar-refractivity contribution is 6.77. The molecular weight excluding hydrogens is 378 g/mol. The van der Waals surface area contributed by atoms with Crippen LogP contribution in [0.15, 0.2) is 115 Å². The second-order valence-electron chi connectivity index (χ2n) is 6.42. The van der Waals surface area contributed by atoms with Crippen LogP contribution in [-0.2, 0) is 0 Å². The standard InChI is InChI=1S/C24H21NO3Si/c25-20-16-18-24(19-17-20)29(26-21-10-4-1-5-11-21,27-22-12-6-2-7-13-22)28-23-14-8-3-9-15-23/h1-19H,25H2. The molecule has 4 rings (SSSR count). The first kappa shape index (κ1) is 18.7. The maximum atomic E-state index is 6.49. The largest absolute Gasteiger partial charge is 0.737 e. The first-order valence-corrected chi connectivity index (χ1v) is 11.0. The molecule has 4 nitrogen and oxygen atoms in total. The molecule has 5 heteroatoms. The van der Waals surface area contributed by atoms with E-state index in [1.54, 1.807) is 0 Å². The molecule has 0 spiro atoms. The van der Waals surface area contributed by atoms with E-state index in [4.69, 9.17) is 19.0 Å². The van der Waals surface area contributed by atoms with Crippen LogP contribution in [0.25, 0.3) is 0 Å². The van der Waals surface area contributed by atoms with Crippen LogP contribution in [0, 0.1) is 0 Å². The molecule has 0 saturated heterocycles. The molecule has 0 saturated carbocycles. The van der Waals surface area contributed by atoms with Gasteiger partial charge in [-0.3, -0.25) is 0 Å². The van der Waals surface area contributed by atoms with Gasteiger partial charge in [-0.25, -0.2) is 0 Å². The van der Waals surface area contributed by atoms with Gasteiger partial charge in [-0.05, 0) is 48.5 Å². The fraction of sp³-hybridized carbons (Fsp3) is 0. The van der Waals surface area contributed by atoms with Crippen LogP contribution in [0.2, 0.25) is 0 Å². The molecule has 0 atom stereocenters. The quantitative estimate of drug-likeness (QED) is 0.363. The van der Waals surface area contributed by atoms with Crippen molar-refractivity contribution in [2.24, 2.45) is 0 Å². The summed E-state index contributed by atoms with van der Waals surface area (Å²) in [5.74, 6) is 2.01. The van der Waals surface area contributed by atoms with Gasteiger partial charge in [0.1, 0.15) is 17.2 Å². The zero-order chi connectivity index (χ0) is 19.9. The highest BCUT2D eigenvalue weighted by atomic mass is 28.4. The molecule has 144 valence electrons. The van der Waals surface area contributed by atoms with Crippen molar-refractivity contribution in [3.8, 4) is 17.2 Å². The molecule has 0 unspecified atom stereocenters. The van der Waals surface area contributed by atoms with Crippen molar-refractivity contribution in [2.45, 2.75) is 0 Å². The SMILES string of the molecule is Nc1ccc([Si](Oc2ccccc2)(Oc2ccccc2)Oc2ccccc2)cc1. The predicted octanol–water partition coefficient (Wildman–Crippen LogP) is 4.65. The number of anilines is 1. The Bertz CT molecular complexity index is 925. The van der Waals surface area contributed by atoms with Crippen molar-refractivity contribution in [3.05, 3.63) is 115 Å². The van der Waals surface area contributed by atoms with Gasteiger partial charge < -0.3 is 19.0 Å². The molecule has 0 aliphatic carbocycles.